The maximum atomic E-state index is 12.2. The van der Waals surface area contributed by atoms with Crippen LogP contribution in [0.25, 0.3) is 0 Å². The Morgan fingerprint density at radius 3 is 2.33 bits per heavy atom. The Bertz CT molecular complexity index is 83.4. The van der Waals surface area contributed by atoms with E-state index in [2.05, 4.69) is 6.92 Å². The monoisotopic (exact) mass is 132 g/mol. The van der Waals surface area contributed by atoms with Gasteiger partial charge in [-0.2, -0.15) is 0 Å². The van der Waals surface area contributed by atoms with Gasteiger partial charge in [-0.1, -0.05) is 13.3 Å². The molecule has 2 heteroatoms. The summed E-state index contributed by atoms with van der Waals surface area (Å²) in [6.07, 6.45) is 2.04. The van der Waals surface area contributed by atoms with Crippen molar-refractivity contribution in [1.29, 1.82) is 0 Å². The Hall–Kier alpha value is -0.110. The number of alkyl halides is 1. The van der Waals surface area contributed by atoms with E-state index >= 15 is 0 Å². The standard InChI is InChI=1S/C7H13FO/c1-2-3-7(4-8)5-9-6-7/h2-6H2,1H3. The average molecular weight is 132 g/mol. The summed E-state index contributed by atoms with van der Waals surface area (Å²) in [7, 11) is 0. The van der Waals surface area contributed by atoms with Crippen LogP contribution in [0.15, 0.2) is 0 Å². The van der Waals surface area contributed by atoms with Gasteiger partial charge in [0.2, 0.25) is 0 Å². The molecular weight excluding hydrogens is 119 g/mol. The maximum Gasteiger partial charge on any atom is 0.0994 e. The van der Waals surface area contributed by atoms with Crippen molar-refractivity contribution in [3.8, 4) is 0 Å². The highest BCUT2D eigenvalue weighted by atomic mass is 19.1. The summed E-state index contributed by atoms with van der Waals surface area (Å²) >= 11 is 0. The molecule has 0 aromatic rings. The summed E-state index contributed by atoms with van der Waals surface area (Å²) in [6.45, 7) is 3.14. The molecule has 0 aromatic heterocycles. The molecule has 1 nitrogen and oxygen atoms in total. The molecule has 1 heterocycles. The summed E-state index contributed by atoms with van der Waals surface area (Å²) in [5.74, 6) is 0. The van der Waals surface area contributed by atoms with E-state index in [9.17, 15) is 4.39 Å². The smallest absolute Gasteiger partial charge is 0.0994 e. The third-order valence-corrected chi connectivity index (χ3v) is 1.88. The van der Waals surface area contributed by atoms with Gasteiger partial charge in [0, 0.05) is 5.41 Å². The van der Waals surface area contributed by atoms with E-state index in [0.717, 1.165) is 12.8 Å². The molecule has 0 N–H and O–H groups in total. The molecule has 1 aliphatic heterocycles. The Morgan fingerprint density at radius 2 is 2.22 bits per heavy atom. The molecule has 0 unspecified atom stereocenters. The second kappa shape index (κ2) is 2.65. The minimum atomic E-state index is -0.208. The Balaban J connectivity index is 2.28. The average Bonchev–Trinajstić information content (AvgIpc) is 1.79. The van der Waals surface area contributed by atoms with Gasteiger partial charge in [0.15, 0.2) is 0 Å². The van der Waals surface area contributed by atoms with Crippen LogP contribution in [0.2, 0.25) is 0 Å². The van der Waals surface area contributed by atoms with E-state index in [1.807, 2.05) is 0 Å². The lowest BCUT2D eigenvalue weighted by molar-refractivity contribution is -0.127. The van der Waals surface area contributed by atoms with Crippen molar-refractivity contribution in [1.82, 2.24) is 0 Å². The predicted octanol–water partition coefficient (Wildman–Crippen LogP) is 1.77. The highest BCUT2D eigenvalue weighted by molar-refractivity contribution is 4.84. The van der Waals surface area contributed by atoms with Gasteiger partial charge in [-0.05, 0) is 6.42 Å². The van der Waals surface area contributed by atoms with Crippen LogP contribution in [0.3, 0.4) is 0 Å². The third kappa shape index (κ3) is 1.23. The molecule has 0 radical (unpaired) electrons. The summed E-state index contributed by atoms with van der Waals surface area (Å²) in [5, 5.41) is 0. The fourth-order valence-corrected chi connectivity index (χ4v) is 1.21. The molecule has 0 amide bonds. The Labute approximate surface area is 55.2 Å². The highest BCUT2D eigenvalue weighted by Crippen LogP contribution is 2.32. The summed E-state index contributed by atoms with van der Waals surface area (Å²) in [4.78, 5) is 0. The highest BCUT2D eigenvalue weighted by Gasteiger charge is 2.37. The summed E-state index contributed by atoms with van der Waals surface area (Å²) in [6, 6.07) is 0. The number of rotatable bonds is 3. The molecule has 1 aliphatic rings. The SMILES string of the molecule is CCCC1(CF)COC1. The van der Waals surface area contributed by atoms with Gasteiger partial charge in [-0.25, -0.2) is 0 Å². The van der Waals surface area contributed by atoms with Crippen LogP contribution in [0, 0.1) is 5.41 Å². The topological polar surface area (TPSA) is 9.23 Å². The molecule has 0 aromatic carbocycles. The van der Waals surface area contributed by atoms with E-state index in [-0.39, 0.29) is 12.1 Å². The van der Waals surface area contributed by atoms with Crippen molar-refractivity contribution >= 4 is 0 Å². The van der Waals surface area contributed by atoms with Crippen LogP contribution in [0.4, 0.5) is 4.39 Å². The molecule has 0 saturated carbocycles. The lowest BCUT2D eigenvalue weighted by Gasteiger charge is -2.38. The fraction of sp³-hybridized carbons (Fsp3) is 1.00. The quantitative estimate of drug-likeness (QED) is 0.568. The van der Waals surface area contributed by atoms with Crippen molar-refractivity contribution in [2.75, 3.05) is 19.9 Å². The van der Waals surface area contributed by atoms with Gasteiger partial charge in [0.05, 0.1) is 19.9 Å². The van der Waals surface area contributed by atoms with Gasteiger partial charge in [0.1, 0.15) is 0 Å². The van der Waals surface area contributed by atoms with Crippen LogP contribution in [-0.4, -0.2) is 19.9 Å². The van der Waals surface area contributed by atoms with Crippen molar-refractivity contribution in [3.05, 3.63) is 0 Å². The van der Waals surface area contributed by atoms with Crippen LogP contribution in [0.1, 0.15) is 19.8 Å². The lowest BCUT2D eigenvalue weighted by atomic mass is 9.83. The molecule has 1 rings (SSSR count). The van der Waals surface area contributed by atoms with Crippen molar-refractivity contribution < 1.29 is 9.13 Å². The second-order valence-electron chi connectivity index (χ2n) is 2.88. The summed E-state index contributed by atoms with van der Waals surface area (Å²) < 4.78 is 17.1. The van der Waals surface area contributed by atoms with E-state index in [4.69, 9.17) is 4.74 Å². The Morgan fingerprint density at radius 1 is 1.56 bits per heavy atom. The second-order valence-corrected chi connectivity index (χ2v) is 2.88. The molecule has 1 saturated heterocycles. The van der Waals surface area contributed by atoms with Crippen LogP contribution < -0.4 is 0 Å². The minimum Gasteiger partial charge on any atom is -0.380 e. The van der Waals surface area contributed by atoms with Crippen LogP contribution >= 0.6 is 0 Å². The van der Waals surface area contributed by atoms with E-state index in [1.165, 1.54) is 0 Å². The van der Waals surface area contributed by atoms with Crippen molar-refractivity contribution in [2.45, 2.75) is 19.8 Å². The largest absolute Gasteiger partial charge is 0.380 e. The molecule has 0 bridgehead atoms. The van der Waals surface area contributed by atoms with Crippen molar-refractivity contribution in [3.63, 3.8) is 0 Å². The number of hydrogen-bond acceptors (Lipinski definition) is 1. The first-order valence-electron chi connectivity index (χ1n) is 3.47. The lowest BCUT2D eigenvalue weighted by Crippen LogP contribution is -2.44. The predicted molar refractivity (Wildman–Crippen MR) is 34.1 cm³/mol. The zero-order valence-electron chi connectivity index (χ0n) is 5.82. The number of halogens is 1. The van der Waals surface area contributed by atoms with Crippen LogP contribution in [-0.2, 0) is 4.74 Å². The number of hydrogen-bond donors (Lipinski definition) is 0. The first kappa shape index (κ1) is 7.00. The Kier molecular flexibility index (Phi) is 2.06. The van der Waals surface area contributed by atoms with E-state index in [0.29, 0.717) is 13.2 Å². The van der Waals surface area contributed by atoms with Gasteiger partial charge in [0.25, 0.3) is 0 Å². The van der Waals surface area contributed by atoms with Gasteiger partial charge in [-0.15, -0.1) is 0 Å². The molecule has 9 heavy (non-hydrogen) atoms. The molecule has 1 fully saturated rings. The molecule has 54 valence electrons. The van der Waals surface area contributed by atoms with E-state index < -0.39 is 0 Å². The third-order valence-electron chi connectivity index (χ3n) is 1.88. The van der Waals surface area contributed by atoms with Crippen LogP contribution in [0.5, 0.6) is 0 Å². The summed E-state index contributed by atoms with van der Waals surface area (Å²) in [5.41, 5.74) is -0.0747. The zero-order chi connectivity index (χ0) is 6.74. The molecular formula is C7H13FO. The zero-order valence-corrected chi connectivity index (χ0v) is 5.82. The van der Waals surface area contributed by atoms with E-state index in [1.54, 1.807) is 0 Å². The van der Waals surface area contributed by atoms with Gasteiger partial charge >= 0.3 is 0 Å². The van der Waals surface area contributed by atoms with Crippen molar-refractivity contribution in [2.24, 2.45) is 5.41 Å². The first-order valence-corrected chi connectivity index (χ1v) is 3.47. The minimum absolute atomic E-state index is 0.0747. The molecule has 0 aliphatic carbocycles. The maximum absolute atomic E-state index is 12.2. The normalized spacial score (nSPS) is 23.3. The van der Waals surface area contributed by atoms with Gasteiger partial charge in [-0.3, -0.25) is 4.39 Å². The first-order chi connectivity index (χ1) is 4.33. The fourth-order valence-electron chi connectivity index (χ4n) is 1.21. The molecule has 0 atom stereocenters. The molecule has 0 spiro atoms. The number of ether oxygens (including phenoxy) is 1. The van der Waals surface area contributed by atoms with Gasteiger partial charge < -0.3 is 4.74 Å².